The third kappa shape index (κ3) is 6.54. The van der Waals surface area contributed by atoms with E-state index in [9.17, 15) is 8.42 Å². The van der Waals surface area contributed by atoms with Crippen LogP contribution in [0.15, 0.2) is 28.7 Å². The first-order valence-corrected chi connectivity index (χ1v) is 11.5. The number of hydrogen-bond donors (Lipinski definition) is 0. The van der Waals surface area contributed by atoms with Crippen molar-refractivity contribution in [3.05, 3.63) is 29.8 Å². The fraction of sp³-hybridized carbons (Fsp3) is 0.462. The topological polar surface area (TPSA) is 55.7 Å². The Morgan fingerprint density at radius 1 is 1.21 bits per heavy atom. The normalized spacial score (nSPS) is 12.8. The van der Waals surface area contributed by atoms with Crippen LogP contribution in [-0.4, -0.2) is 35.6 Å². The molecule has 0 saturated heterocycles. The molecule has 0 amide bonds. The van der Waals surface area contributed by atoms with E-state index in [2.05, 4.69) is 24.0 Å². The van der Waals surface area contributed by atoms with Crippen molar-refractivity contribution >= 4 is 24.3 Å². The standard InChI is InChI=1S/C13H21NO3SSi/c1-17-13-7-5-12(6-8-13)11-14-18(15,16)9-10-19(2,3)4/h5-8,11H,9-10H2,1-4H3/b14-11+. The molecule has 0 radical (unpaired) electrons. The highest BCUT2D eigenvalue weighted by Gasteiger charge is 2.17. The summed E-state index contributed by atoms with van der Waals surface area (Å²) >= 11 is 0. The van der Waals surface area contributed by atoms with Gasteiger partial charge in [-0.2, -0.15) is 4.40 Å². The van der Waals surface area contributed by atoms with Crippen LogP contribution in [0.25, 0.3) is 0 Å². The minimum Gasteiger partial charge on any atom is -0.497 e. The van der Waals surface area contributed by atoms with Crippen molar-refractivity contribution in [3.63, 3.8) is 0 Å². The number of sulfonamides is 1. The van der Waals surface area contributed by atoms with Gasteiger partial charge in [0.15, 0.2) is 0 Å². The van der Waals surface area contributed by atoms with Gasteiger partial charge in [-0.05, 0) is 35.9 Å². The highest BCUT2D eigenvalue weighted by Crippen LogP contribution is 2.12. The van der Waals surface area contributed by atoms with Crippen molar-refractivity contribution in [1.82, 2.24) is 0 Å². The first-order chi connectivity index (χ1) is 8.72. The average Bonchev–Trinajstić information content (AvgIpc) is 2.34. The summed E-state index contributed by atoms with van der Waals surface area (Å²) in [7, 11) is -3.13. The van der Waals surface area contributed by atoms with E-state index in [0.29, 0.717) is 0 Å². The van der Waals surface area contributed by atoms with E-state index in [4.69, 9.17) is 4.74 Å². The Balaban J connectivity index is 2.68. The predicted molar refractivity (Wildman–Crippen MR) is 82.5 cm³/mol. The zero-order valence-corrected chi connectivity index (χ0v) is 13.7. The zero-order chi connectivity index (χ0) is 14.5. The Hall–Kier alpha value is -1.14. The van der Waals surface area contributed by atoms with Crippen LogP contribution in [0.3, 0.4) is 0 Å². The third-order valence-electron chi connectivity index (χ3n) is 2.59. The lowest BCUT2D eigenvalue weighted by atomic mass is 10.2. The molecule has 1 aromatic carbocycles. The lowest BCUT2D eigenvalue weighted by molar-refractivity contribution is 0.415. The fourth-order valence-electron chi connectivity index (χ4n) is 1.32. The van der Waals surface area contributed by atoms with Crippen LogP contribution in [0.5, 0.6) is 5.75 Å². The van der Waals surface area contributed by atoms with Gasteiger partial charge in [-0.1, -0.05) is 19.6 Å². The maximum atomic E-state index is 11.8. The molecule has 0 aliphatic heterocycles. The summed E-state index contributed by atoms with van der Waals surface area (Å²) < 4.78 is 32.3. The van der Waals surface area contributed by atoms with Gasteiger partial charge in [-0.3, -0.25) is 0 Å². The molecule has 6 heteroatoms. The highest BCUT2D eigenvalue weighted by molar-refractivity contribution is 7.90. The second kappa shape index (κ2) is 6.34. The van der Waals surface area contributed by atoms with Crippen LogP contribution in [0, 0.1) is 0 Å². The molecule has 0 unspecified atom stereocenters. The Morgan fingerprint density at radius 3 is 2.26 bits per heavy atom. The number of rotatable bonds is 6. The Labute approximate surface area is 116 Å². The Kier molecular flexibility index (Phi) is 5.31. The summed E-state index contributed by atoms with van der Waals surface area (Å²) in [5.74, 6) is 0.869. The highest BCUT2D eigenvalue weighted by atomic mass is 32.2. The summed E-state index contributed by atoms with van der Waals surface area (Å²) in [6.45, 7) is 6.45. The molecule has 0 spiro atoms. The van der Waals surface area contributed by atoms with Gasteiger partial charge in [0.1, 0.15) is 5.75 Å². The van der Waals surface area contributed by atoms with Crippen molar-refractivity contribution in [2.24, 2.45) is 4.40 Å². The minimum absolute atomic E-state index is 0.134. The minimum atomic E-state index is -3.36. The fourth-order valence-corrected chi connectivity index (χ4v) is 5.19. The monoisotopic (exact) mass is 299 g/mol. The molecule has 4 nitrogen and oxygen atoms in total. The SMILES string of the molecule is COc1ccc(/C=N/S(=O)(=O)CC[Si](C)(C)C)cc1. The van der Waals surface area contributed by atoms with Crippen LogP contribution < -0.4 is 4.74 Å². The molecule has 0 atom stereocenters. The summed E-state index contributed by atoms with van der Waals surface area (Å²) in [6, 6.07) is 7.83. The molecule has 0 aliphatic carbocycles. The summed E-state index contributed by atoms with van der Waals surface area (Å²) in [5, 5.41) is 0. The predicted octanol–water partition coefficient (Wildman–Crippen LogP) is 2.78. The van der Waals surface area contributed by atoms with Gasteiger partial charge in [-0.15, -0.1) is 0 Å². The van der Waals surface area contributed by atoms with E-state index >= 15 is 0 Å². The Morgan fingerprint density at radius 2 is 1.79 bits per heavy atom. The number of nitrogens with zero attached hydrogens (tertiary/aromatic N) is 1. The van der Waals surface area contributed by atoms with Crippen molar-refractivity contribution < 1.29 is 13.2 Å². The van der Waals surface area contributed by atoms with E-state index in [1.54, 1.807) is 31.4 Å². The molecular formula is C13H21NO3SSi. The molecule has 1 aromatic rings. The van der Waals surface area contributed by atoms with Crippen LogP contribution in [0.1, 0.15) is 5.56 Å². The van der Waals surface area contributed by atoms with Crippen LogP contribution in [0.4, 0.5) is 0 Å². The van der Waals surface area contributed by atoms with Gasteiger partial charge < -0.3 is 4.74 Å². The Bertz CT molecular complexity index is 530. The van der Waals surface area contributed by atoms with E-state index in [0.717, 1.165) is 17.4 Å². The van der Waals surface area contributed by atoms with Crippen molar-refractivity contribution in [3.8, 4) is 5.75 Å². The molecule has 0 bridgehead atoms. The van der Waals surface area contributed by atoms with E-state index in [1.165, 1.54) is 6.21 Å². The van der Waals surface area contributed by atoms with Crippen molar-refractivity contribution in [2.75, 3.05) is 12.9 Å². The van der Waals surface area contributed by atoms with E-state index in [1.807, 2.05) is 0 Å². The second-order valence-corrected chi connectivity index (χ2v) is 13.0. The van der Waals surface area contributed by atoms with Gasteiger partial charge >= 0.3 is 0 Å². The molecule has 1 rings (SSSR count). The maximum absolute atomic E-state index is 11.8. The number of ether oxygens (including phenoxy) is 1. The van der Waals surface area contributed by atoms with Crippen molar-refractivity contribution in [1.29, 1.82) is 0 Å². The molecule has 0 aromatic heterocycles. The van der Waals surface area contributed by atoms with Crippen LogP contribution in [0.2, 0.25) is 25.7 Å². The molecule has 106 valence electrons. The van der Waals surface area contributed by atoms with E-state index < -0.39 is 18.1 Å². The van der Waals surface area contributed by atoms with Crippen molar-refractivity contribution in [2.45, 2.75) is 25.7 Å². The van der Waals surface area contributed by atoms with Gasteiger partial charge in [0.25, 0.3) is 10.0 Å². The molecule has 0 N–H and O–H groups in total. The number of hydrogen-bond acceptors (Lipinski definition) is 3. The first-order valence-electron chi connectivity index (χ1n) is 6.14. The molecule has 0 heterocycles. The van der Waals surface area contributed by atoms with Gasteiger partial charge in [0.05, 0.1) is 12.9 Å². The summed E-state index contributed by atoms with van der Waals surface area (Å²) in [4.78, 5) is 0. The lowest BCUT2D eigenvalue weighted by Crippen LogP contribution is -2.23. The van der Waals surface area contributed by atoms with Gasteiger partial charge in [0, 0.05) is 14.3 Å². The van der Waals surface area contributed by atoms with E-state index in [-0.39, 0.29) is 5.75 Å². The summed E-state index contributed by atoms with van der Waals surface area (Å²) in [6.07, 6.45) is 1.39. The molecule has 0 fully saturated rings. The van der Waals surface area contributed by atoms with Crippen LogP contribution >= 0.6 is 0 Å². The largest absolute Gasteiger partial charge is 0.497 e. The molecule has 19 heavy (non-hydrogen) atoms. The summed E-state index contributed by atoms with van der Waals surface area (Å²) in [5.41, 5.74) is 0.748. The maximum Gasteiger partial charge on any atom is 0.252 e. The van der Waals surface area contributed by atoms with Gasteiger partial charge in [0.2, 0.25) is 0 Å². The van der Waals surface area contributed by atoms with Crippen LogP contribution in [-0.2, 0) is 10.0 Å². The zero-order valence-electron chi connectivity index (χ0n) is 11.9. The smallest absolute Gasteiger partial charge is 0.252 e. The molecule has 0 aliphatic rings. The number of methoxy groups -OCH3 is 1. The molecular weight excluding hydrogens is 278 g/mol. The average molecular weight is 299 g/mol. The number of benzene rings is 1. The lowest BCUT2D eigenvalue weighted by Gasteiger charge is -2.13. The quantitative estimate of drug-likeness (QED) is 0.599. The third-order valence-corrected chi connectivity index (χ3v) is 5.85. The van der Waals surface area contributed by atoms with Gasteiger partial charge in [-0.25, -0.2) is 8.42 Å². The first kappa shape index (κ1) is 15.9. The second-order valence-electron chi connectivity index (χ2n) is 5.60. The molecule has 0 saturated carbocycles.